The lowest BCUT2D eigenvalue weighted by atomic mass is 10.3. The highest BCUT2D eigenvalue weighted by Crippen LogP contribution is 2.26. The molecule has 0 bridgehead atoms. The van der Waals surface area contributed by atoms with Crippen molar-refractivity contribution in [3.63, 3.8) is 0 Å². The molecule has 2 N–H and O–H groups in total. The maximum atomic E-state index is 9.04. The van der Waals surface area contributed by atoms with E-state index in [1.54, 1.807) is 12.1 Å². The van der Waals surface area contributed by atoms with Gasteiger partial charge < -0.3 is 10.4 Å². The number of phenolic OH excluding ortho intramolecular Hbond substituents is 1. The number of nitrogens with one attached hydrogen (secondary N) is 1. The van der Waals surface area contributed by atoms with E-state index in [0.29, 0.717) is 5.75 Å². The van der Waals surface area contributed by atoms with Crippen LogP contribution in [-0.4, -0.2) is 23.4 Å². The van der Waals surface area contributed by atoms with Crippen molar-refractivity contribution in [3.05, 3.63) is 24.3 Å². The molecule has 1 aromatic carbocycles. The van der Waals surface area contributed by atoms with E-state index in [1.807, 2.05) is 23.9 Å². The van der Waals surface area contributed by atoms with E-state index in [1.165, 1.54) is 4.90 Å². The molecular weight excluding hydrogens is 170 g/mol. The lowest BCUT2D eigenvalue weighted by Crippen LogP contribution is -2.44. The van der Waals surface area contributed by atoms with Gasteiger partial charge in [0.05, 0.1) is 0 Å². The zero-order valence-electron chi connectivity index (χ0n) is 6.66. The molecule has 0 aliphatic carbocycles. The fourth-order valence-electron chi connectivity index (χ4n) is 1.06. The SMILES string of the molecule is Oc1ccc(SC2CNC2)cc1. The highest BCUT2D eigenvalue weighted by Gasteiger charge is 2.17. The van der Waals surface area contributed by atoms with Gasteiger partial charge in [-0.3, -0.25) is 0 Å². The van der Waals surface area contributed by atoms with Crippen molar-refractivity contribution in [2.45, 2.75) is 10.1 Å². The third kappa shape index (κ3) is 1.73. The van der Waals surface area contributed by atoms with Crippen molar-refractivity contribution in [1.29, 1.82) is 0 Å². The molecule has 0 atom stereocenters. The summed E-state index contributed by atoms with van der Waals surface area (Å²) in [6.07, 6.45) is 0. The molecular formula is C9H11NOS. The van der Waals surface area contributed by atoms with E-state index in [9.17, 15) is 0 Å². The van der Waals surface area contributed by atoms with Gasteiger partial charge in [-0.05, 0) is 24.3 Å². The van der Waals surface area contributed by atoms with Crippen LogP contribution in [0.25, 0.3) is 0 Å². The van der Waals surface area contributed by atoms with E-state index in [-0.39, 0.29) is 0 Å². The Hall–Kier alpha value is -0.670. The second-order valence-electron chi connectivity index (χ2n) is 2.89. The van der Waals surface area contributed by atoms with Crippen LogP contribution in [-0.2, 0) is 0 Å². The number of thioether (sulfide) groups is 1. The predicted octanol–water partition coefficient (Wildman–Crippen LogP) is 1.46. The molecule has 0 saturated carbocycles. The average molecular weight is 181 g/mol. The van der Waals surface area contributed by atoms with Crippen molar-refractivity contribution >= 4 is 11.8 Å². The third-order valence-corrected chi connectivity index (χ3v) is 3.09. The number of aromatic hydroxyl groups is 1. The summed E-state index contributed by atoms with van der Waals surface area (Å²) >= 11 is 1.87. The summed E-state index contributed by atoms with van der Waals surface area (Å²) in [5, 5.41) is 13.0. The minimum absolute atomic E-state index is 0.339. The first-order valence-corrected chi connectivity index (χ1v) is 4.89. The fourth-order valence-corrected chi connectivity index (χ4v) is 2.14. The van der Waals surface area contributed by atoms with E-state index in [0.717, 1.165) is 18.3 Å². The molecule has 1 fully saturated rings. The van der Waals surface area contributed by atoms with Gasteiger partial charge in [-0.15, -0.1) is 11.8 Å². The summed E-state index contributed by atoms with van der Waals surface area (Å²) in [6, 6.07) is 7.37. The molecule has 1 aromatic rings. The second kappa shape index (κ2) is 3.37. The summed E-state index contributed by atoms with van der Waals surface area (Å²) in [6.45, 7) is 2.21. The monoisotopic (exact) mass is 181 g/mol. The maximum Gasteiger partial charge on any atom is 0.115 e. The topological polar surface area (TPSA) is 32.3 Å². The predicted molar refractivity (Wildman–Crippen MR) is 50.6 cm³/mol. The van der Waals surface area contributed by atoms with Crippen molar-refractivity contribution in [1.82, 2.24) is 5.32 Å². The van der Waals surface area contributed by atoms with Crippen molar-refractivity contribution < 1.29 is 5.11 Å². The van der Waals surface area contributed by atoms with Crippen LogP contribution in [0.5, 0.6) is 5.75 Å². The van der Waals surface area contributed by atoms with Crippen molar-refractivity contribution in [2.75, 3.05) is 13.1 Å². The van der Waals surface area contributed by atoms with E-state index < -0.39 is 0 Å². The highest BCUT2D eigenvalue weighted by molar-refractivity contribution is 8.00. The van der Waals surface area contributed by atoms with Gasteiger partial charge in [-0.25, -0.2) is 0 Å². The van der Waals surface area contributed by atoms with Gasteiger partial charge in [0.1, 0.15) is 5.75 Å². The molecule has 1 saturated heterocycles. The highest BCUT2D eigenvalue weighted by atomic mass is 32.2. The largest absolute Gasteiger partial charge is 0.508 e. The minimum atomic E-state index is 0.339. The first-order valence-electron chi connectivity index (χ1n) is 4.01. The first kappa shape index (κ1) is 7.95. The van der Waals surface area contributed by atoms with Gasteiger partial charge in [0.15, 0.2) is 0 Å². The molecule has 12 heavy (non-hydrogen) atoms. The van der Waals surface area contributed by atoms with E-state index in [2.05, 4.69) is 5.32 Å². The molecule has 2 nitrogen and oxygen atoms in total. The summed E-state index contributed by atoms with van der Waals surface area (Å²) < 4.78 is 0. The van der Waals surface area contributed by atoms with Crippen LogP contribution < -0.4 is 5.32 Å². The Bertz CT molecular complexity index is 256. The first-order chi connectivity index (χ1) is 5.84. The van der Waals surface area contributed by atoms with Crippen LogP contribution in [0.4, 0.5) is 0 Å². The Morgan fingerprint density at radius 1 is 1.25 bits per heavy atom. The molecule has 0 radical (unpaired) electrons. The smallest absolute Gasteiger partial charge is 0.115 e. The van der Waals surface area contributed by atoms with Gasteiger partial charge >= 0.3 is 0 Å². The molecule has 0 aromatic heterocycles. The fraction of sp³-hybridized carbons (Fsp3) is 0.333. The number of phenols is 1. The maximum absolute atomic E-state index is 9.04. The van der Waals surface area contributed by atoms with Gasteiger partial charge in [-0.1, -0.05) is 0 Å². The van der Waals surface area contributed by atoms with Crippen LogP contribution in [0.15, 0.2) is 29.2 Å². The summed E-state index contributed by atoms with van der Waals surface area (Å²) in [5.74, 6) is 0.339. The summed E-state index contributed by atoms with van der Waals surface area (Å²) in [4.78, 5) is 1.24. The molecule has 2 rings (SSSR count). The molecule has 1 aliphatic rings. The molecule has 0 spiro atoms. The van der Waals surface area contributed by atoms with Crippen molar-refractivity contribution in [2.24, 2.45) is 0 Å². The van der Waals surface area contributed by atoms with Crippen LogP contribution in [0.3, 0.4) is 0 Å². The third-order valence-electron chi connectivity index (χ3n) is 1.88. The van der Waals surface area contributed by atoms with Gasteiger partial charge in [0.25, 0.3) is 0 Å². The van der Waals surface area contributed by atoms with E-state index in [4.69, 9.17) is 5.11 Å². The molecule has 0 amide bonds. The van der Waals surface area contributed by atoms with Crippen molar-refractivity contribution in [3.8, 4) is 5.75 Å². The van der Waals surface area contributed by atoms with Crippen LogP contribution >= 0.6 is 11.8 Å². The van der Waals surface area contributed by atoms with Gasteiger partial charge in [0.2, 0.25) is 0 Å². The second-order valence-corrected chi connectivity index (χ2v) is 4.27. The Morgan fingerprint density at radius 3 is 2.42 bits per heavy atom. The van der Waals surface area contributed by atoms with E-state index >= 15 is 0 Å². The zero-order valence-corrected chi connectivity index (χ0v) is 7.47. The van der Waals surface area contributed by atoms with Gasteiger partial charge in [-0.2, -0.15) is 0 Å². The van der Waals surface area contributed by atoms with Crippen LogP contribution in [0.2, 0.25) is 0 Å². The standard InChI is InChI=1S/C9H11NOS/c11-7-1-3-8(4-2-7)12-9-5-10-6-9/h1-4,9-11H,5-6H2. The number of hydrogen-bond acceptors (Lipinski definition) is 3. The molecule has 1 aliphatic heterocycles. The average Bonchev–Trinajstić information content (AvgIpc) is 2.00. The lowest BCUT2D eigenvalue weighted by Gasteiger charge is -2.26. The Balaban J connectivity index is 1.98. The lowest BCUT2D eigenvalue weighted by molar-refractivity contribution is 0.475. The number of hydrogen-bond donors (Lipinski definition) is 2. The Labute approximate surface area is 76.0 Å². The molecule has 1 heterocycles. The van der Waals surface area contributed by atoms with Gasteiger partial charge in [0, 0.05) is 23.2 Å². The summed E-state index contributed by atoms with van der Waals surface area (Å²) in [5.41, 5.74) is 0. The quantitative estimate of drug-likeness (QED) is 0.724. The molecule has 0 unspecified atom stereocenters. The van der Waals surface area contributed by atoms with Crippen LogP contribution in [0, 0.1) is 0 Å². The minimum Gasteiger partial charge on any atom is -0.508 e. The van der Waals surface area contributed by atoms with Crippen LogP contribution in [0.1, 0.15) is 0 Å². The Morgan fingerprint density at radius 2 is 1.92 bits per heavy atom. The Kier molecular flexibility index (Phi) is 2.23. The molecule has 64 valence electrons. The summed E-state index contributed by atoms with van der Waals surface area (Å²) in [7, 11) is 0. The normalized spacial score (nSPS) is 17.3. The number of benzene rings is 1. The number of rotatable bonds is 2. The zero-order chi connectivity index (χ0) is 8.39. The molecule has 3 heteroatoms.